The molecule has 1 aliphatic rings. The smallest absolute Gasteiger partial charge is 0.257 e. The number of benzene rings is 1. The zero-order chi connectivity index (χ0) is 20.9. The van der Waals surface area contributed by atoms with E-state index in [0.29, 0.717) is 30.8 Å². The maximum Gasteiger partial charge on any atom is 0.257 e. The van der Waals surface area contributed by atoms with Gasteiger partial charge < -0.3 is 10.2 Å². The Hall–Kier alpha value is -2.97. The maximum atomic E-state index is 13.0. The third kappa shape index (κ3) is 4.44. The number of carbonyl (C=O) groups is 2. The molecule has 2 amide bonds. The summed E-state index contributed by atoms with van der Waals surface area (Å²) in [5, 5.41) is 11.1. The van der Waals surface area contributed by atoms with Crippen LogP contribution < -0.4 is 5.32 Å². The predicted octanol–water partition coefficient (Wildman–Crippen LogP) is 2.43. The molecular weight excluding hydrogens is 398 g/mol. The van der Waals surface area contributed by atoms with Crippen LogP contribution in [0, 0.1) is 6.92 Å². The molecule has 4 rings (SSSR count). The van der Waals surface area contributed by atoms with Crippen LogP contribution in [0.25, 0.3) is 5.69 Å². The fraction of sp³-hybridized carbons (Fsp3) is 0.318. The van der Waals surface area contributed by atoms with E-state index in [9.17, 15) is 9.59 Å². The van der Waals surface area contributed by atoms with E-state index in [1.807, 2.05) is 59.0 Å². The SMILES string of the molecule is Cc1c(C(=O)N2CCN(CCNC(=O)c3ccsc3)CC2)cnn1-c1ccccc1. The second-order valence-corrected chi connectivity index (χ2v) is 8.07. The van der Waals surface area contributed by atoms with Gasteiger partial charge in [0.25, 0.3) is 11.8 Å². The van der Waals surface area contributed by atoms with Crippen molar-refractivity contribution in [3.63, 3.8) is 0 Å². The lowest BCUT2D eigenvalue weighted by Crippen LogP contribution is -2.50. The van der Waals surface area contributed by atoms with Crippen molar-refractivity contribution in [1.29, 1.82) is 0 Å². The minimum Gasteiger partial charge on any atom is -0.351 e. The van der Waals surface area contributed by atoms with Crippen LogP contribution in [0.15, 0.2) is 53.4 Å². The van der Waals surface area contributed by atoms with E-state index in [2.05, 4.69) is 15.3 Å². The van der Waals surface area contributed by atoms with Gasteiger partial charge in [-0.2, -0.15) is 16.4 Å². The minimum atomic E-state index is -0.0315. The highest BCUT2D eigenvalue weighted by Crippen LogP contribution is 2.16. The molecule has 156 valence electrons. The van der Waals surface area contributed by atoms with Crippen molar-refractivity contribution in [2.24, 2.45) is 0 Å². The molecule has 0 spiro atoms. The first-order chi connectivity index (χ1) is 14.6. The number of carbonyl (C=O) groups excluding carboxylic acids is 2. The van der Waals surface area contributed by atoms with E-state index < -0.39 is 0 Å². The normalized spacial score (nSPS) is 14.6. The molecule has 0 bridgehead atoms. The zero-order valence-corrected chi connectivity index (χ0v) is 17.8. The summed E-state index contributed by atoms with van der Waals surface area (Å²) in [6.45, 7) is 6.26. The minimum absolute atomic E-state index is 0.0279. The number of thiophene rings is 1. The largest absolute Gasteiger partial charge is 0.351 e. The molecule has 2 aromatic heterocycles. The Kier molecular flexibility index (Phi) is 6.25. The fourth-order valence-corrected chi connectivity index (χ4v) is 4.25. The molecule has 1 N–H and O–H groups in total. The molecule has 3 aromatic rings. The summed E-state index contributed by atoms with van der Waals surface area (Å²) in [6.07, 6.45) is 1.66. The summed E-state index contributed by atoms with van der Waals surface area (Å²) in [5.74, 6) is -0.00365. The van der Waals surface area contributed by atoms with Crippen molar-refractivity contribution in [2.45, 2.75) is 6.92 Å². The van der Waals surface area contributed by atoms with Crippen molar-refractivity contribution >= 4 is 23.2 Å². The van der Waals surface area contributed by atoms with Gasteiger partial charge in [0.05, 0.1) is 23.1 Å². The molecule has 1 saturated heterocycles. The third-order valence-corrected chi connectivity index (χ3v) is 6.08. The van der Waals surface area contributed by atoms with Crippen LogP contribution in [-0.2, 0) is 0 Å². The molecule has 1 aromatic carbocycles. The fourth-order valence-electron chi connectivity index (χ4n) is 3.62. The Morgan fingerprint density at radius 2 is 1.87 bits per heavy atom. The molecule has 30 heavy (non-hydrogen) atoms. The van der Waals surface area contributed by atoms with E-state index >= 15 is 0 Å². The molecule has 3 heterocycles. The summed E-state index contributed by atoms with van der Waals surface area (Å²) in [5.41, 5.74) is 3.16. The number of rotatable bonds is 6. The zero-order valence-electron chi connectivity index (χ0n) is 17.0. The molecule has 1 fully saturated rings. The van der Waals surface area contributed by atoms with Crippen molar-refractivity contribution in [3.05, 3.63) is 70.2 Å². The van der Waals surface area contributed by atoms with Crippen molar-refractivity contribution in [1.82, 2.24) is 24.9 Å². The number of hydrogen-bond acceptors (Lipinski definition) is 5. The van der Waals surface area contributed by atoms with Gasteiger partial charge in [0.15, 0.2) is 0 Å². The van der Waals surface area contributed by atoms with Gasteiger partial charge >= 0.3 is 0 Å². The summed E-state index contributed by atoms with van der Waals surface area (Å²) < 4.78 is 1.81. The van der Waals surface area contributed by atoms with Crippen molar-refractivity contribution in [2.75, 3.05) is 39.3 Å². The average Bonchev–Trinajstić information content (AvgIpc) is 3.44. The van der Waals surface area contributed by atoms with Gasteiger partial charge in [0.1, 0.15) is 0 Å². The Labute approximate surface area is 179 Å². The number of amides is 2. The second-order valence-electron chi connectivity index (χ2n) is 7.29. The van der Waals surface area contributed by atoms with Gasteiger partial charge in [-0.25, -0.2) is 4.68 Å². The summed E-state index contributed by atoms with van der Waals surface area (Å²) in [4.78, 5) is 29.2. The van der Waals surface area contributed by atoms with Crippen LogP contribution in [-0.4, -0.2) is 70.7 Å². The predicted molar refractivity (Wildman–Crippen MR) is 117 cm³/mol. The first kappa shape index (κ1) is 20.3. The Morgan fingerprint density at radius 3 is 2.57 bits per heavy atom. The van der Waals surface area contributed by atoms with Crippen LogP contribution in [0.4, 0.5) is 0 Å². The van der Waals surface area contributed by atoms with Gasteiger partial charge in [-0.3, -0.25) is 14.5 Å². The number of aromatic nitrogens is 2. The Morgan fingerprint density at radius 1 is 1.10 bits per heavy atom. The molecule has 0 unspecified atom stereocenters. The van der Waals surface area contributed by atoms with Gasteiger partial charge in [-0.15, -0.1) is 0 Å². The summed E-state index contributed by atoms with van der Waals surface area (Å²) in [6, 6.07) is 11.7. The number of piperazine rings is 1. The molecule has 7 nitrogen and oxygen atoms in total. The van der Waals surface area contributed by atoms with E-state index in [-0.39, 0.29) is 11.8 Å². The number of para-hydroxylation sites is 1. The molecular formula is C22H25N5O2S. The van der Waals surface area contributed by atoms with Crippen LogP contribution >= 0.6 is 11.3 Å². The highest BCUT2D eigenvalue weighted by Gasteiger charge is 2.25. The lowest BCUT2D eigenvalue weighted by Gasteiger charge is -2.34. The van der Waals surface area contributed by atoms with E-state index in [1.165, 1.54) is 11.3 Å². The van der Waals surface area contributed by atoms with Gasteiger partial charge in [-0.05, 0) is 30.5 Å². The number of nitrogens with one attached hydrogen (secondary N) is 1. The molecule has 1 aliphatic heterocycles. The van der Waals surface area contributed by atoms with Gasteiger partial charge in [0, 0.05) is 50.2 Å². The summed E-state index contributed by atoms with van der Waals surface area (Å²) in [7, 11) is 0. The van der Waals surface area contributed by atoms with E-state index in [1.54, 1.807) is 10.9 Å². The maximum absolute atomic E-state index is 13.0. The highest BCUT2D eigenvalue weighted by molar-refractivity contribution is 7.08. The standard InChI is InChI=1S/C22H25N5O2S/c1-17-20(15-24-27(17)19-5-3-2-4-6-19)22(29)26-12-10-25(11-13-26)9-8-23-21(28)18-7-14-30-16-18/h2-7,14-16H,8-13H2,1H3,(H,23,28). The van der Waals surface area contributed by atoms with Crippen molar-refractivity contribution < 1.29 is 9.59 Å². The Bertz CT molecular complexity index is 992. The molecule has 8 heteroatoms. The highest BCUT2D eigenvalue weighted by atomic mass is 32.1. The first-order valence-corrected chi connectivity index (χ1v) is 11.0. The first-order valence-electron chi connectivity index (χ1n) is 10.1. The lowest BCUT2D eigenvalue weighted by molar-refractivity contribution is 0.0637. The molecule has 0 atom stereocenters. The Balaban J connectivity index is 1.28. The van der Waals surface area contributed by atoms with Crippen LogP contribution in [0.1, 0.15) is 26.4 Å². The number of hydrogen-bond donors (Lipinski definition) is 1. The molecule has 0 aliphatic carbocycles. The monoisotopic (exact) mass is 423 g/mol. The molecule has 0 radical (unpaired) electrons. The quantitative estimate of drug-likeness (QED) is 0.661. The average molecular weight is 424 g/mol. The van der Waals surface area contributed by atoms with Gasteiger partial charge in [-0.1, -0.05) is 18.2 Å². The van der Waals surface area contributed by atoms with Gasteiger partial charge in [0.2, 0.25) is 0 Å². The van der Waals surface area contributed by atoms with Crippen LogP contribution in [0.3, 0.4) is 0 Å². The van der Waals surface area contributed by atoms with Crippen LogP contribution in [0.2, 0.25) is 0 Å². The van der Waals surface area contributed by atoms with Crippen LogP contribution in [0.5, 0.6) is 0 Å². The summed E-state index contributed by atoms with van der Waals surface area (Å²) >= 11 is 1.52. The number of nitrogens with zero attached hydrogens (tertiary/aromatic N) is 4. The van der Waals surface area contributed by atoms with E-state index in [4.69, 9.17) is 0 Å². The third-order valence-electron chi connectivity index (χ3n) is 5.40. The second kappa shape index (κ2) is 9.23. The van der Waals surface area contributed by atoms with E-state index in [0.717, 1.165) is 31.0 Å². The topological polar surface area (TPSA) is 70.5 Å². The lowest BCUT2D eigenvalue weighted by atomic mass is 10.2. The van der Waals surface area contributed by atoms with Crippen molar-refractivity contribution in [3.8, 4) is 5.69 Å². The molecule has 0 saturated carbocycles.